The number of morpholine rings is 1. The highest BCUT2D eigenvalue weighted by atomic mass is 16.5. The highest BCUT2D eigenvalue weighted by Gasteiger charge is 2.24. The Balaban J connectivity index is 1.54. The second-order valence-corrected chi connectivity index (χ2v) is 8.50. The van der Waals surface area contributed by atoms with Crippen molar-refractivity contribution in [2.24, 2.45) is 5.92 Å². The maximum Gasteiger partial charge on any atom is 0.167 e. The monoisotopic (exact) mass is 411 g/mol. The summed E-state index contributed by atoms with van der Waals surface area (Å²) < 4.78 is 7.37. The highest BCUT2D eigenvalue weighted by molar-refractivity contribution is 5.82. The summed E-state index contributed by atoms with van der Waals surface area (Å²) in [6, 6.07) is 4.13. The molecule has 2 aliphatic heterocycles. The number of β-amino-alcohol motifs (C(OH)–C–C–N with tert-alkyl or cyclic N) is 1. The van der Waals surface area contributed by atoms with Crippen molar-refractivity contribution in [3.63, 3.8) is 0 Å². The molecule has 160 valence electrons. The molecule has 0 bridgehead atoms. The molecule has 2 aliphatic rings. The number of likely N-dealkylation sites (N-methyl/N-ethyl adjacent to an activating group) is 1. The van der Waals surface area contributed by atoms with E-state index in [2.05, 4.69) is 38.2 Å². The smallest absolute Gasteiger partial charge is 0.167 e. The van der Waals surface area contributed by atoms with Gasteiger partial charge < -0.3 is 19.6 Å². The van der Waals surface area contributed by atoms with Crippen LogP contribution in [-0.4, -0.2) is 87.5 Å². The highest BCUT2D eigenvalue weighted by Crippen LogP contribution is 2.29. The minimum Gasteiger partial charge on any atom is -0.392 e. The molecule has 9 nitrogen and oxygen atoms in total. The number of rotatable bonds is 4. The molecule has 5 heterocycles. The molecule has 0 spiro atoms. The fraction of sp³-hybridized carbons (Fsp3) is 0.571. The average molecular weight is 412 g/mol. The van der Waals surface area contributed by atoms with Gasteiger partial charge in [-0.15, -0.1) is 0 Å². The van der Waals surface area contributed by atoms with E-state index in [-0.39, 0.29) is 6.10 Å². The zero-order valence-corrected chi connectivity index (χ0v) is 17.4. The number of H-pyrrole nitrogens is 1. The van der Waals surface area contributed by atoms with Crippen molar-refractivity contribution in [2.75, 3.05) is 51.3 Å². The Kier molecular flexibility index (Phi) is 5.41. The van der Waals surface area contributed by atoms with Gasteiger partial charge in [0.2, 0.25) is 0 Å². The van der Waals surface area contributed by atoms with E-state index >= 15 is 0 Å². The zero-order valence-electron chi connectivity index (χ0n) is 17.4. The van der Waals surface area contributed by atoms with E-state index < -0.39 is 0 Å². The van der Waals surface area contributed by atoms with Crippen LogP contribution in [0.3, 0.4) is 0 Å². The van der Waals surface area contributed by atoms with Crippen molar-refractivity contribution >= 4 is 16.9 Å². The molecule has 2 fully saturated rings. The quantitative estimate of drug-likeness (QED) is 0.667. The van der Waals surface area contributed by atoms with E-state index in [1.165, 1.54) is 5.56 Å². The molecule has 2 atom stereocenters. The molecule has 2 N–H and O–H groups in total. The van der Waals surface area contributed by atoms with E-state index in [9.17, 15) is 5.11 Å². The van der Waals surface area contributed by atoms with E-state index in [1.807, 2.05) is 16.9 Å². The van der Waals surface area contributed by atoms with Gasteiger partial charge in [-0.1, -0.05) is 0 Å². The molecule has 0 radical (unpaired) electrons. The number of aromatic nitrogens is 5. The normalized spacial score (nSPS) is 23.7. The van der Waals surface area contributed by atoms with Crippen molar-refractivity contribution in [3.05, 3.63) is 30.1 Å². The van der Waals surface area contributed by atoms with Crippen LogP contribution in [0, 0.1) is 5.92 Å². The minimum atomic E-state index is -0.232. The summed E-state index contributed by atoms with van der Waals surface area (Å²) in [6.07, 6.45) is 6.23. The number of likely N-dealkylation sites (tertiary alicyclic amines) is 1. The first-order valence-electron chi connectivity index (χ1n) is 10.7. The van der Waals surface area contributed by atoms with Crippen molar-refractivity contribution < 1.29 is 9.84 Å². The van der Waals surface area contributed by atoms with Crippen LogP contribution >= 0.6 is 0 Å². The van der Waals surface area contributed by atoms with Crippen LogP contribution in [0.1, 0.15) is 18.4 Å². The number of aromatic amines is 1. The average Bonchev–Trinajstić information content (AvgIpc) is 3.39. The van der Waals surface area contributed by atoms with E-state index in [0.29, 0.717) is 5.92 Å². The lowest BCUT2D eigenvalue weighted by atomic mass is 9.93. The number of hydrogen-bond acceptors (Lipinski definition) is 7. The molecule has 0 amide bonds. The predicted molar refractivity (Wildman–Crippen MR) is 114 cm³/mol. The van der Waals surface area contributed by atoms with Crippen LogP contribution in [0.4, 0.5) is 5.82 Å². The fourth-order valence-electron chi connectivity index (χ4n) is 4.68. The SMILES string of the molecule is CN1CC(O)CCC(Cc2cc(N3CCOCC3)nc3c2cnn3-c2ccn[nH]2)C1. The maximum absolute atomic E-state index is 10.1. The summed E-state index contributed by atoms with van der Waals surface area (Å²) in [7, 11) is 2.10. The molecular formula is C21H29N7O2. The van der Waals surface area contributed by atoms with Crippen molar-refractivity contribution in [2.45, 2.75) is 25.4 Å². The summed E-state index contributed by atoms with van der Waals surface area (Å²) in [4.78, 5) is 9.53. The first-order valence-corrected chi connectivity index (χ1v) is 10.7. The van der Waals surface area contributed by atoms with Gasteiger partial charge in [-0.05, 0) is 43.9 Å². The second kappa shape index (κ2) is 8.33. The van der Waals surface area contributed by atoms with Gasteiger partial charge in [0, 0.05) is 37.6 Å². The van der Waals surface area contributed by atoms with Gasteiger partial charge in [0.05, 0.1) is 31.7 Å². The van der Waals surface area contributed by atoms with Gasteiger partial charge in [0.1, 0.15) is 5.82 Å². The number of fused-ring (bicyclic) bond motifs is 1. The molecule has 2 saturated heterocycles. The number of hydrogen-bond donors (Lipinski definition) is 2. The lowest BCUT2D eigenvalue weighted by Gasteiger charge is -2.28. The van der Waals surface area contributed by atoms with Crippen molar-refractivity contribution in [1.29, 1.82) is 0 Å². The molecule has 9 heteroatoms. The van der Waals surface area contributed by atoms with Crippen LogP contribution in [-0.2, 0) is 11.2 Å². The minimum absolute atomic E-state index is 0.232. The molecule has 30 heavy (non-hydrogen) atoms. The van der Waals surface area contributed by atoms with Gasteiger partial charge in [-0.2, -0.15) is 14.9 Å². The van der Waals surface area contributed by atoms with Gasteiger partial charge in [-0.25, -0.2) is 4.98 Å². The lowest BCUT2D eigenvalue weighted by Crippen LogP contribution is -2.36. The molecule has 0 aliphatic carbocycles. The number of nitrogens with one attached hydrogen (secondary N) is 1. The zero-order chi connectivity index (χ0) is 20.5. The summed E-state index contributed by atoms with van der Waals surface area (Å²) in [6.45, 7) is 4.87. The van der Waals surface area contributed by atoms with E-state index in [4.69, 9.17) is 9.72 Å². The van der Waals surface area contributed by atoms with Gasteiger partial charge in [0.25, 0.3) is 0 Å². The third kappa shape index (κ3) is 3.92. The predicted octanol–water partition coefficient (Wildman–Crippen LogP) is 1.23. The fourth-order valence-corrected chi connectivity index (χ4v) is 4.68. The molecule has 0 aromatic carbocycles. The van der Waals surface area contributed by atoms with E-state index in [0.717, 1.165) is 81.3 Å². The second-order valence-electron chi connectivity index (χ2n) is 8.50. The van der Waals surface area contributed by atoms with Gasteiger partial charge in [-0.3, -0.25) is 5.10 Å². The molecular weight excluding hydrogens is 382 g/mol. The Morgan fingerprint density at radius 2 is 2.10 bits per heavy atom. The standard InChI is InChI=1S/C21H29N7O2/c1-26-13-15(2-3-17(29)14-26)10-16-11-20(27-6-8-30-9-7-27)24-21-18(16)12-23-28(21)19-4-5-22-25-19/h4-5,11-12,15,17,29H,2-3,6-10,13-14H2,1H3,(H,22,25). The molecule has 5 rings (SSSR count). The maximum atomic E-state index is 10.1. The Morgan fingerprint density at radius 1 is 1.23 bits per heavy atom. The first kappa shape index (κ1) is 19.5. The van der Waals surface area contributed by atoms with Crippen molar-refractivity contribution in [1.82, 2.24) is 29.9 Å². The van der Waals surface area contributed by atoms with Crippen molar-refractivity contribution in [3.8, 4) is 5.82 Å². The molecule has 0 saturated carbocycles. The third-order valence-electron chi connectivity index (χ3n) is 6.17. The molecule has 3 aromatic rings. The molecule has 3 aromatic heterocycles. The Hall–Kier alpha value is -2.49. The van der Waals surface area contributed by atoms with Gasteiger partial charge >= 0.3 is 0 Å². The molecule has 2 unspecified atom stereocenters. The van der Waals surface area contributed by atoms with E-state index in [1.54, 1.807) is 6.20 Å². The van der Waals surface area contributed by atoms with Crippen LogP contribution < -0.4 is 4.90 Å². The van der Waals surface area contributed by atoms with Crippen LogP contribution in [0.15, 0.2) is 24.5 Å². The van der Waals surface area contributed by atoms with Gasteiger partial charge in [0.15, 0.2) is 11.5 Å². The number of aliphatic hydroxyl groups is 1. The largest absolute Gasteiger partial charge is 0.392 e. The number of anilines is 1. The number of pyridine rings is 1. The number of nitrogens with zero attached hydrogens (tertiary/aromatic N) is 6. The first-order chi connectivity index (χ1) is 14.7. The Labute approximate surface area is 175 Å². The summed E-state index contributed by atoms with van der Waals surface area (Å²) in [5.74, 6) is 2.27. The van der Waals surface area contributed by atoms with Crippen LogP contribution in [0.5, 0.6) is 0 Å². The Morgan fingerprint density at radius 3 is 2.90 bits per heavy atom. The summed E-state index contributed by atoms with van der Waals surface area (Å²) in [5, 5.41) is 22.9. The number of aliphatic hydroxyl groups excluding tert-OH is 1. The topological polar surface area (TPSA) is 95.3 Å². The van der Waals surface area contributed by atoms with Crippen LogP contribution in [0.25, 0.3) is 16.9 Å². The summed E-state index contributed by atoms with van der Waals surface area (Å²) >= 11 is 0. The van der Waals surface area contributed by atoms with Crippen LogP contribution in [0.2, 0.25) is 0 Å². The lowest BCUT2D eigenvalue weighted by molar-refractivity contribution is 0.122. The third-order valence-corrected chi connectivity index (χ3v) is 6.17. The summed E-state index contributed by atoms with van der Waals surface area (Å²) in [5.41, 5.74) is 2.11. The number of ether oxygens (including phenoxy) is 1. The Bertz CT molecular complexity index is 981.